The molecule has 23 heavy (non-hydrogen) atoms. The SMILES string of the molecule is CC1(C)CCCNC1CNc1ccc([N+](=O)[O-])c2cnccc12. The first kappa shape index (κ1) is 15.7. The van der Waals surface area contributed by atoms with Gasteiger partial charge in [0, 0.05) is 42.1 Å². The van der Waals surface area contributed by atoms with Gasteiger partial charge in [0.15, 0.2) is 0 Å². The van der Waals surface area contributed by atoms with Gasteiger partial charge in [-0.15, -0.1) is 0 Å². The van der Waals surface area contributed by atoms with E-state index in [0.717, 1.165) is 24.2 Å². The van der Waals surface area contributed by atoms with E-state index in [1.54, 1.807) is 24.5 Å². The smallest absolute Gasteiger partial charge is 0.278 e. The molecule has 1 aromatic heterocycles. The first-order valence-electron chi connectivity index (χ1n) is 7.97. The Labute approximate surface area is 135 Å². The van der Waals surface area contributed by atoms with Gasteiger partial charge in [-0.2, -0.15) is 0 Å². The molecule has 2 N–H and O–H groups in total. The summed E-state index contributed by atoms with van der Waals surface area (Å²) in [5, 5.41) is 19.6. The monoisotopic (exact) mass is 314 g/mol. The summed E-state index contributed by atoms with van der Waals surface area (Å²) in [5.74, 6) is 0. The van der Waals surface area contributed by atoms with E-state index >= 15 is 0 Å². The molecule has 0 aliphatic carbocycles. The van der Waals surface area contributed by atoms with Crippen LogP contribution in [0.2, 0.25) is 0 Å². The highest BCUT2D eigenvalue weighted by Gasteiger charge is 2.31. The van der Waals surface area contributed by atoms with Crippen molar-refractivity contribution in [2.45, 2.75) is 32.7 Å². The van der Waals surface area contributed by atoms with Crippen LogP contribution in [0.3, 0.4) is 0 Å². The summed E-state index contributed by atoms with van der Waals surface area (Å²) in [6, 6.07) is 5.54. The van der Waals surface area contributed by atoms with Gasteiger partial charge in [0.2, 0.25) is 0 Å². The molecule has 0 saturated carbocycles. The molecule has 1 atom stereocenters. The maximum atomic E-state index is 11.2. The third-order valence-electron chi connectivity index (χ3n) is 4.82. The maximum absolute atomic E-state index is 11.2. The van der Waals surface area contributed by atoms with Gasteiger partial charge in [0.05, 0.1) is 10.3 Å². The molecule has 1 unspecified atom stereocenters. The molecule has 1 aliphatic heterocycles. The lowest BCUT2D eigenvalue weighted by Gasteiger charge is -2.39. The average Bonchev–Trinajstić information content (AvgIpc) is 2.53. The number of nitro groups is 1. The van der Waals surface area contributed by atoms with Gasteiger partial charge in [-0.25, -0.2) is 0 Å². The van der Waals surface area contributed by atoms with Crippen LogP contribution in [-0.4, -0.2) is 29.0 Å². The van der Waals surface area contributed by atoms with Crippen molar-refractivity contribution in [1.29, 1.82) is 0 Å². The number of piperidine rings is 1. The number of non-ortho nitro benzene ring substituents is 1. The second-order valence-electron chi connectivity index (χ2n) is 6.79. The summed E-state index contributed by atoms with van der Waals surface area (Å²) in [6.45, 7) is 6.40. The Kier molecular flexibility index (Phi) is 4.17. The number of pyridine rings is 1. The minimum absolute atomic E-state index is 0.0924. The fourth-order valence-electron chi connectivity index (χ4n) is 3.32. The Morgan fingerprint density at radius 1 is 1.39 bits per heavy atom. The summed E-state index contributed by atoms with van der Waals surface area (Å²) in [4.78, 5) is 14.8. The highest BCUT2D eigenvalue weighted by atomic mass is 16.6. The van der Waals surface area contributed by atoms with E-state index in [0.29, 0.717) is 11.4 Å². The number of rotatable bonds is 4. The van der Waals surface area contributed by atoms with Crippen molar-refractivity contribution in [1.82, 2.24) is 10.3 Å². The van der Waals surface area contributed by atoms with Crippen LogP contribution in [0.25, 0.3) is 10.8 Å². The van der Waals surface area contributed by atoms with Crippen molar-refractivity contribution >= 4 is 22.1 Å². The molecule has 6 nitrogen and oxygen atoms in total. The Bertz CT molecular complexity index is 730. The lowest BCUT2D eigenvalue weighted by molar-refractivity contribution is -0.383. The molecular weight excluding hydrogens is 292 g/mol. The number of fused-ring (bicyclic) bond motifs is 1. The predicted molar refractivity (Wildman–Crippen MR) is 91.7 cm³/mol. The minimum Gasteiger partial charge on any atom is -0.383 e. The molecule has 2 heterocycles. The van der Waals surface area contributed by atoms with Gasteiger partial charge < -0.3 is 10.6 Å². The molecule has 0 bridgehead atoms. The lowest BCUT2D eigenvalue weighted by Crippen LogP contribution is -2.50. The molecule has 1 fully saturated rings. The summed E-state index contributed by atoms with van der Waals surface area (Å²) >= 11 is 0. The Balaban J connectivity index is 1.86. The number of hydrogen-bond acceptors (Lipinski definition) is 5. The van der Waals surface area contributed by atoms with E-state index in [1.807, 2.05) is 6.07 Å². The number of aromatic nitrogens is 1. The second kappa shape index (κ2) is 6.12. The summed E-state index contributed by atoms with van der Waals surface area (Å²) in [7, 11) is 0. The van der Waals surface area contributed by atoms with E-state index in [9.17, 15) is 10.1 Å². The zero-order valence-electron chi connectivity index (χ0n) is 13.5. The molecular formula is C17H22N4O2. The van der Waals surface area contributed by atoms with Gasteiger partial charge in [-0.1, -0.05) is 13.8 Å². The zero-order valence-corrected chi connectivity index (χ0v) is 13.5. The van der Waals surface area contributed by atoms with E-state index in [1.165, 1.54) is 12.8 Å². The average molecular weight is 314 g/mol. The topological polar surface area (TPSA) is 80.1 Å². The largest absolute Gasteiger partial charge is 0.383 e. The summed E-state index contributed by atoms with van der Waals surface area (Å²) in [5.41, 5.74) is 1.24. The van der Waals surface area contributed by atoms with Crippen LogP contribution < -0.4 is 10.6 Å². The summed E-state index contributed by atoms with van der Waals surface area (Å²) in [6.07, 6.45) is 5.63. The maximum Gasteiger partial charge on any atom is 0.278 e. The van der Waals surface area contributed by atoms with Crippen molar-refractivity contribution in [2.24, 2.45) is 5.41 Å². The molecule has 0 radical (unpaired) electrons. The Hall–Kier alpha value is -2.21. The molecule has 6 heteroatoms. The molecule has 1 aromatic carbocycles. The van der Waals surface area contributed by atoms with E-state index in [2.05, 4.69) is 29.5 Å². The number of nitro benzene ring substituents is 1. The van der Waals surface area contributed by atoms with E-state index in [4.69, 9.17) is 0 Å². The molecule has 1 aliphatic rings. The van der Waals surface area contributed by atoms with Crippen LogP contribution in [-0.2, 0) is 0 Å². The van der Waals surface area contributed by atoms with Gasteiger partial charge in [0.1, 0.15) is 0 Å². The molecule has 2 aromatic rings. The number of hydrogen-bond donors (Lipinski definition) is 2. The van der Waals surface area contributed by atoms with Crippen LogP contribution in [0.5, 0.6) is 0 Å². The molecule has 0 spiro atoms. The van der Waals surface area contributed by atoms with Crippen LogP contribution in [0.4, 0.5) is 11.4 Å². The fraction of sp³-hybridized carbons (Fsp3) is 0.471. The van der Waals surface area contributed by atoms with Crippen molar-refractivity contribution in [3.05, 3.63) is 40.7 Å². The zero-order chi connectivity index (χ0) is 16.4. The molecule has 1 saturated heterocycles. The third kappa shape index (κ3) is 3.12. The van der Waals surface area contributed by atoms with E-state index < -0.39 is 0 Å². The number of nitrogens with zero attached hydrogens (tertiary/aromatic N) is 2. The predicted octanol–water partition coefficient (Wildman–Crippen LogP) is 3.33. The van der Waals surface area contributed by atoms with Crippen molar-refractivity contribution in [2.75, 3.05) is 18.4 Å². The Morgan fingerprint density at radius 3 is 2.96 bits per heavy atom. The van der Waals surface area contributed by atoms with Crippen LogP contribution in [0, 0.1) is 15.5 Å². The quantitative estimate of drug-likeness (QED) is 0.668. The second-order valence-corrected chi connectivity index (χ2v) is 6.79. The van der Waals surface area contributed by atoms with Crippen LogP contribution in [0.1, 0.15) is 26.7 Å². The first-order chi connectivity index (χ1) is 11.0. The third-order valence-corrected chi connectivity index (χ3v) is 4.82. The summed E-state index contributed by atoms with van der Waals surface area (Å²) < 4.78 is 0. The van der Waals surface area contributed by atoms with Crippen molar-refractivity contribution < 1.29 is 4.92 Å². The van der Waals surface area contributed by atoms with Gasteiger partial charge in [0.25, 0.3) is 5.69 Å². The lowest BCUT2D eigenvalue weighted by atomic mass is 9.77. The first-order valence-corrected chi connectivity index (χ1v) is 7.97. The highest BCUT2D eigenvalue weighted by molar-refractivity contribution is 5.99. The number of anilines is 1. The van der Waals surface area contributed by atoms with Crippen molar-refractivity contribution in [3.63, 3.8) is 0 Å². The fourth-order valence-corrected chi connectivity index (χ4v) is 3.32. The van der Waals surface area contributed by atoms with Crippen molar-refractivity contribution in [3.8, 4) is 0 Å². The van der Waals surface area contributed by atoms with Gasteiger partial charge in [-0.05, 0) is 36.9 Å². The van der Waals surface area contributed by atoms with E-state index in [-0.39, 0.29) is 16.0 Å². The number of benzene rings is 1. The standard InChI is InChI=1S/C17H22N4O2/c1-17(2)7-3-8-19-16(17)11-20-14-4-5-15(21(22)23)13-10-18-9-6-12(13)14/h4-6,9-10,16,19-20H,3,7-8,11H2,1-2H3. The van der Waals surface area contributed by atoms with Gasteiger partial charge in [-0.3, -0.25) is 15.1 Å². The number of nitrogens with one attached hydrogen (secondary N) is 2. The van der Waals surface area contributed by atoms with Crippen LogP contribution in [0.15, 0.2) is 30.6 Å². The minimum atomic E-state index is -0.362. The normalized spacial score (nSPS) is 20.3. The molecule has 122 valence electrons. The molecule has 3 rings (SSSR count). The Morgan fingerprint density at radius 2 is 2.22 bits per heavy atom. The van der Waals surface area contributed by atoms with Gasteiger partial charge >= 0.3 is 0 Å². The van der Waals surface area contributed by atoms with Crippen LogP contribution >= 0.6 is 0 Å². The molecule has 0 amide bonds. The highest BCUT2D eigenvalue weighted by Crippen LogP contribution is 2.33.